The molecule has 0 saturated heterocycles. The Bertz CT molecular complexity index is 2210. The quantitative estimate of drug-likeness (QED) is 0.0410. The van der Waals surface area contributed by atoms with Gasteiger partial charge in [0.2, 0.25) is 10.7 Å². The lowest BCUT2D eigenvalue weighted by Gasteiger charge is -2.38. The molecule has 8 nitrogen and oxygen atoms in total. The van der Waals surface area contributed by atoms with Crippen molar-refractivity contribution >= 4 is 15.2 Å². The Morgan fingerprint density at radius 1 is 0.559 bits per heavy atom. The van der Waals surface area contributed by atoms with Crippen LogP contribution in [0.25, 0.3) is 0 Å². The molecule has 0 bridgehead atoms. The number of rotatable bonds is 21. The molecule has 2 unspecified atom stereocenters. The predicted molar refractivity (Wildman–Crippen MR) is 239 cm³/mol. The van der Waals surface area contributed by atoms with Crippen LogP contribution in [0.15, 0.2) is 176 Å². The fourth-order valence-electron chi connectivity index (χ4n) is 6.42. The van der Waals surface area contributed by atoms with E-state index in [0.29, 0.717) is 53.8 Å². The first-order chi connectivity index (χ1) is 28.3. The highest BCUT2D eigenvalue weighted by Gasteiger charge is 2.55. The molecule has 10 heteroatoms. The van der Waals surface area contributed by atoms with Crippen molar-refractivity contribution in [1.82, 2.24) is 0 Å². The van der Waals surface area contributed by atoms with Gasteiger partial charge >= 0.3 is 15.2 Å². The van der Waals surface area contributed by atoms with E-state index in [1.807, 2.05) is 143 Å². The van der Waals surface area contributed by atoms with E-state index < -0.39 is 31.3 Å². The van der Waals surface area contributed by atoms with Gasteiger partial charge in [0.25, 0.3) is 0 Å². The third kappa shape index (κ3) is 10.4. The Morgan fingerprint density at radius 2 is 0.966 bits per heavy atom. The molecule has 0 saturated carbocycles. The van der Waals surface area contributed by atoms with Crippen LogP contribution in [0.4, 0.5) is 0 Å². The van der Waals surface area contributed by atoms with E-state index >= 15 is 4.57 Å². The third-order valence-corrected chi connectivity index (χ3v) is 15.5. The summed E-state index contributed by atoms with van der Waals surface area (Å²) in [6, 6.07) is 42.5. The molecule has 0 N–H and O–H groups in total. The molecule has 0 aliphatic heterocycles. The van der Waals surface area contributed by atoms with E-state index in [0.717, 1.165) is 11.1 Å². The Balaban J connectivity index is 1.40. The minimum atomic E-state index is -4.08. The number of benzene rings is 5. The largest absolute Gasteiger partial charge is 0.474 e. The standard InChI is InChI=1S/C49H56O8P2/c1-9-14-24-41(10-2)54-59(51,49(12-4,13-5)53-42-25-18-15-19-26-42)57-46-37-33-40(34-38-46)47(6,7)39-31-35-43(36-32-39)52-48(8,11-3)58(50,55-44-27-20-16-21-28-44)56-45-29-22-17-23-30-45/h9-10,14-38H,1,11-13H2,2-8H3. The molecule has 0 aromatic heterocycles. The lowest BCUT2D eigenvalue weighted by atomic mass is 9.78. The molecule has 0 fully saturated rings. The lowest BCUT2D eigenvalue weighted by Crippen LogP contribution is -2.37. The van der Waals surface area contributed by atoms with Crippen molar-refractivity contribution in [2.24, 2.45) is 0 Å². The van der Waals surface area contributed by atoms with Gasteiger partial charge < -0.3 is 27.6 Å². The van der Waals surface area contributed by atoms with Crippen molar-refractivity contribution in [1.29, 1.82) is 0 Å². The molecule has 0 heterocycles. The second-order valence-corrected chi connectivity index (χ2v) is 19.1. The highest BCUT2D eigenvalue weighted by Crippen LogP contribution is 2.64. The Kier molecular flexibility index (Phi) is 14.8. The summed E-state index contributed by atoms with van der Waals surface area (Å²) >= 11 is 0. The normalized spacial score (nSPS) is 14.4. The Morgan fingerprint density at radius 3 is 1.39 bits per heavy atom. The zero-order chi connectivity index (χ0) is 42.6. The van der Waals surface area contributed by atoms with E-state index in [-0.39, 0.29) is 0 Å². The van der Waals surface area contributed by atoms with Crippen LogP contribution in [0.5, 0.6) is 28.7 Å². The minimum absolute atomic E-state index is 0.334. The maximum atomic E-state index is 15.2. The molecule has 310 valence electrons. The van der Waals surface area contributed by atoms with E-state index in [9.17, 15) is 4.57 Å². The number of para-hydroxylation sites is 3. The van der Waals surface area contributed by atoms with Gasteiger partial charge in [0, 0.05) is 5.41 Å². The first-order valence-electron chi connectivity index (χ1n) is 20.0. The SMILES string of the molecule is C=CC=CC(=CC)OP(=O)(Oc1ccc(C(C)(C)c2ccc(OC(C)(CC)P(=O)(Oc3ccccc3)Oc3ccccc3)cc2)cc1)C(CC)(CC)Oc1ccccc1. The van der Waals surface area contributed by atoms with Gasteiger partial charge in [-0.1, -0.05) is 132 Å². The van der Waals surface area contributed by atoms with Crippen LogP contribution in [0, 0.1) is 0 Å². The molecule has 5 aromatic rings. The molecule has 59 heavy (non-hydrogen) atoms. The summed E-state index contributed by atoms with van der Waals surface area (Å²) in [5, 5.41) is -2.64. The topological polar surface area (TPSA) is 89.5 Å². The monoisotopic (exact) mass is 834 g/mol. The van der Waals surface area contributed by atoms with Crippen molar-refractivity contribution in [3.63, 3.8) is 0 Å². The third-order valence-electron chi connectivity index (χ3n) is 10.4. The van der Waals surface area contributed by atoms with Gasteiger partial charge in [-0.3, -0.25) is 0 Å². The van der Waals surface area contributed by atoms with Gasteiger partial charge in [0.15, 0.2) is 0 Å². The minimum Gasteiger partial charge on any atom is -0.472 e. The summed E-state index contributed by atoms with van der Waals surface area (Å²) in [6.45, 7) is 17.3. The fourth-order valence-corrected chi connectivity index (χ4v) is 10.4. The maximum Gasteiger partial charge on any atom is 0.474 e. The molecular weight excluding hydrogens is 778 g/mol. The number of ether oxygens (including phenoxy) is 2. The summed E-state index contributed by atoms with van der Waals surface area (Å²) < 4.78 is 68.1. The molecule has 0 spiro atoms. The average Bonchev–Trinajstić information content (AvgIpc) is 3.25. The molecule has 5 aromatic carbocycles. The number of hydrogen-bond donors (Lipinski definition) is 0. The first-order valence-corrected chi connectivity index (χ1v) is 23.0. The van der Waals surface area contributed by atoms with Crippen molar-refractivity contribution in [3.05, 3.63) is 187 Å². The van der Waals surface area contributed by atoms with Crippen LogP contribution in [-0.4, -0.2) is 10.7 Å². The summed E-state index contributed by atoms with van der Waals surface area (Å²) in [6.07, 6.45) is 7.82. The van der Waals surface area contributed by atoms with Gasteiger partial charge in [0.1, 0.15) is 34.5 Å². The number of hydrogen-bond acceptors (Lipinski definition) is 8. The second-order valence-electron chi connectivity index (χ2n) is 14.6. The van der Waals surface area contributed by atoms with E-state index in [2.05, 4.69) is 20.4 Å². The van der Waals surface area contributed by atoms with Gasteiger partial charge in [-0.05, 0) is 117 Å². The van der Waals surface area contributed by atoms with Crippen molar-refractivity contribution < 1.29 is 36.7 Å². The molecule has 0 aliphatic rings. The predicted octanol–water partition coefficient (Wildman–Crippen LogP) is 14.7. The van der Waals surface area contributed by atoms with Gasteiger partial charge in [-0.15, -0.1) is 0 Å². The van der Waals surface area contributed by atoms with E-state index in [1.54, 1.807) is 55.5 Å². The van der Waals surface area contributed by atoms with Crippen molar-refractivity contribution in [2.75, 3.05) is 0 Å². The molecule has 2 atom stereocenters. The number of allylic oxidation sites excluding steroid dienone is 4. The summed E-state index contributed by atoms with van der Waals surface area (Å²) in [5.74, 6) is 2.65. The maximum absolute atomic E-state index is 15.2. The fraction of sp³-hybridized carbons (Fsp3) is 0.265. The van der Waals surface area contributed by atoms with Crippen LogP contribution in [-0.2, 0) is 19.1 Å². The van der Waals surface area contributed by atoms with Crippen LogP contribution >= 0.6 is 15.2 Å². The lowest BCUT2D eigenvalue weighted by molar-refractivity contribution is 0.107. The summed E-state index contributed by atoms with van der Waals surface area (Å²) in [5.41, 5.74) is 1.54. The smallest absolute Gasteiger partial charge is 0.472 e. The summed E-state index contributed by atoms with van der Waals surface area (Å²) in [7, 11) is -8.07. The van der Waals surface area contributed by atoms with Gasteiger partial charge in [0.05, 0.1) is 0 Å². The van der Waals surface area contributed by atoms with Gasteiger partial charge in [-0.2, -0.15) is 0 Å². The molecule has 0 radical (unpaired) electrons. The van der Waals surface area contributed by atoms with Crippen LogP contribution < -0.4 is 23.0 Å². The summed E-state index contributed by atoms with van der Waals surface area (Å²) in [4.78, 5) is 0. The van der Waals surface area contributed by atoms with Crippen LogP contribution in [0.3, 0.4) is 0 Å². The zero-order valence-corrected chi connectivity index (χ0v) is 36.9. The molecule has 0 aliphatic carbocycles. The Labute approximate surface area is 350 Å². The van der Waals surface area contributed by atoms with Crippen LogP contribution in [0.1, 0.15) is 78.9 Å². The van der Waals surface area contributed by atoms with Gasteiger partial charge in [-0.25, -0.2) is 9.13 Å². The highest BCUT2D eigenvalue weighted by molar-refractivity contribution is 7.56. The molecule has 5 rings (SSSR count). The molecule has 0 amide bonds. The molecular formula is C49H56O8P2. The first kappa shape index (κ1) is 44.7. The van der Waals surface area contributed by atoms with Crippen LogP contribution in [0.2, 0.25) is 0 Å². The van der Waals surface area contributed by atoms with Crippen molar-refractivity contribution in [2.45, 2.75) is 83.8 Å². The Hall–Kier alpha value is -5.42. The van der Waals surface area contributed by atoms with E-state index in [4.69, 9.17) is 27.6 Å². The highest BCUT2D eigenvalue weighted by atomic mass is 31.2. The van der Waals surface area contributed by atoms with Crippen molar-refractivity contribution in [3.8, 4) is 28.7 Å². The second kappa shape index (κ2) is 19.6. The zero-order valence-electron chi connectivity index (χ0n) is 35.1. The average molecular weight is 835 g/mol. The van der Waals surface area contributed by atoms with E-state index in [1.165, 1.54) is 0 Å².